The minimum Gasteiger partial charge on any atom is -0.380 e. The van der Waals surface area contributed by atoms with Crippen molar-refractivity contribution in [3.63, 3.8) is 0 Å². The number of para-hydroxylation sites is 1. The summed E-state index contributed by atoms with van der Waals surface area (Å²) in [7, 11) is -2.54. The number of anilines is 2. The first-order valence-electron chi connectivity index (χ1n) is 13.7. The van der Waals surface area contributed by atoms with E-state index >= 15 is 0 Å². The zero-order valence-corrected chi connectivity index (χ0v) is 26.5. The van der Waals surface area contributed by atoms with Gasteiger partial charge in [-0.15, -0.1) is 0 Å². The Hall–Kier alpha value is -2.45. The number of nitrogens with one attached hydrogen (secondary N) is 2. The molecular weight excluding hydrogens is 601 g/mol. The molecule has 0 spiro atoms. The van der Waals surface area contributed by atoms with Crippen molar-refractivity contribution in [2.45, 2.75) is 56.4 Å². The van der Waals surface area contributed by atoms with E-state index in [0.29, 0.717) is 18.4 Å². The maximum Gasteiger partial charge on any atom is 0.264 e. The summed E-state index contributed by atoms with van der Waals surface area (Å²) < 4.78 is 27.7. The predicted molar refractivity (Wildman–Crippen MR) is 170 cm³/mol. The molecule has 1 saturated carbocycles. The molecule has 0 bridgehead atoms. The molecule has 0 saturated heterocycles. The van der Waals surface area contributed by atoms with E-state index in [-0.39, 0.29) is 37.6 Å². The summed E-state index contributed by atoms with van der Waals surface area (Å²) in [6, 6.07) is 18.6. The maximum atomic E-state index is 13.3. The van der Waals surface area contributed by atoms with E-state index in [2.05, 4.69) is 24.5 Å². The Balaban J connectivity index is 1.31. The van der Waals surface area contributed by atoms with Gasteiger partial charge in [-0.1, -0.05) is 59.8 Å². The summed E-state index contributed by atoms with van der Waals surface area (Å²) in [6.45, 7) is 5.03. The Kier molecular flexibility index (Phi) is 10.2. The van der Waals surface area contributed by atoms with E-state index in [1.165, 1.54) is 25.2 Å². The van der Waals surface area contributed by atoms with Crippen molar-refractivity contribution in [1.82, 2.24) is 5.32 Å². The van der Waals surface area contributed by atoms with Crippen LogP contribution >= 0.6 is 34.8 Å². The van der Waals surface area contributed by atoms with Crippen LogP contribution in [0.3, 0.4) is 0 Å². The zero-order valence-electron chi connectivity index (χ0n) is 23.5. The first-order chi connectivity index (χ1) is 19.4. The molecule has 41 heavy (non-hydrogen) atoms. The monoisotopic (exact) mass is 635 g/mol. The molecule has 10 heteroatoms. The van der Waals surface area contributed by atoms with Crippen LogP contribution in [0.1, 0.15) is 56.3 Å². The molecule has 0 unspecified atom stereocenters. The fraction of sp³-hybridized carbons (Fsp3) is 0.387. The smallest absolute Gasteiger partial charge is 0.264 e. The lowest BCUT2D eigenvalue weighted by molar-refractivity contribution is 0.0949. The second kappa shape index (κ2) is 13.2. The number of carbonyl (C=O) groups excluding carboxylic acids is 1. The Morgan fingerprint density at radius 3 is 2.24 bits per heavy atom. The number of halogens is 3. The van der Waals surface area contributed by atoms with Crippen molar-refractivity contribution < 1.29 is 13.2 Å². The van der Waals surface area contributed by atoms with Gasteiger partial charge in [0.25, 0.3) is 15.9 Å². The predicted octanol–water partition coefficient (Wildman–Crippen LogP) is 8.29. The highest BCUT2D eigenvalue weighted by atomic mass is 35.5. The highest BCUT2D eigenvalue weighted by Gasteiger charge is 2.33. The van der Waals surface area contributed by atoms with Crippen molar-refractivity contribution in [1.29, 1.82) is 0 Å². The summed E-state index contributed by atoms with van der Waals surface area (Å²) in [5, 5.41) is 7.81. The fourth-order valence-corrected chi connectivity index (χ4v) is 7.26. The van der Waals surface area contributed by atoms with E-state index in [1.54, 1.807) is 24.3 Å². The largest absolute Gasteiger partial charge is 0.380 e. The number of hydrogen-bond acceptors (Lipinski definition) is 4. The molecule has 0 radical (unpaired) electrons. The van der Waals surface area contributed by atoms with E-state index in [1.807, 2.05) is 24.3 Å². The molecule has 0 aliphatic heterocycles. The summed E-state index contributed by atoms with van der Waals surface area (Å²) in [5.74, 6) is 0.772. The van der Waals surface area contributed by atoms with Crippen LogP contribution in [0.15, 0.2) is 71.6 Å². The number of sulfonamides is 1. The molecule has 1 aliphatic carbocycles. The van der Waals surface area contributed by atoms with Crippen molar-refractivity contribution in [3.05, 3.63) is 87.4 Å². The molecule has 3 aromatic rings. The third kappa shape index (κ3) is 7.69. The van der Waals surface area contributed by atoms with Crippen molar-refractivity contribution in [3.8, 4) is 0 Å². The highest BCUT2D eigenvalue weighted by Crippen LogP contribution is 2.38. The molecule has 4 rings (SSSR count). The van der Waals surface area contributed by atoms with Gasteiger partial charge in [0.2, 0.25) is 0 Å². The molecule has 0 atom stereocenters. The second-order valence-corrected chi connectivity index (χ2v) is 14.4. The minimum atomic E-state index is -3.97. The Labute approximate surface area is 258 Å². The summed E-state index contributed by atoms with van der Waals surface area (Å²) in [5.41, 5.74) is 1.60. The van der Waals surface area contributed by atoms with Gasteiger partial charge in [-0.25, -0.2) is 8.42 Å². The van der Waals surface area contributed by atoms with Crippen LogP contribution in [-0.4, -0.2) is 33.5 Å². The Morgan fingerprint density at radius 2 is 1.59 bits per heavy atom. The second-order valence-electron chi connectivity index (χ2n) is 11.2. The lowest BCUT2D eigenvalue weighted by Crippen LogP contribution is -2.41. The van der Waals surface area contributed by atoms with Crippen molar-refractivity contribution in [2.24, 2.45) is 11.8 Å². The number of carbonyl (C=O) groups is 1. The topological polar surface area (TPSA) is 78.5 Å². The molecular formula is C31H36Cl3N3O3S. The number of nitrogens with zero attached hydrogens (tertiary/aromatic N) is 1. The number of rotatable bonds is 10. The van der Waals surface area contributed by atoms with E-state index in [9.17, 15) is 13.2 Å². The first kappa shape index (κ1) is 31.5. The molecule has 0 aromatic heterocycles. The van der Waals surface area contributed by atoms with E-state index in [4.69, 9.17) is 34.8 Å². The van der Waals surface area contributed by atoms with Gasteiger partial charge in [0.15, 0.2) is 0 Å². The lowest BCUT2D eigenvalue weighted by atomic mass is 9.72. The third-order valence-corrected chi connectivity index (χ3v) is 10.8. The van der Waals surface area contributed by atoms with Gasteiger partial charge in [0, 0.05) is 29.8 Å². The van der Waals surface area contributed by atoms with Gasteiger partial charge in [-0.2, -0.15) is 0 Å². The lowest BCUT2D eigenvalue weighted by Gasteiger charge is -2.40. The van der Waals surface area contributed by atoms with Crippen LogP contribution in [0.5, 0.6) is 0 Å². The fourth-order valence-electron chi connectivity index (χ4n) is 5.53. The van der Waals surface area contributed by atoms with Crippen LogP contribution in [0.2, 0.25) is 15.1 Å². The average molecular weight is 637 g/mol. The van der Waals surface area contributed by atoms with E-state index in [0.717, 1.165) is 47.1 Å². The number of benzene rings is 3. The zero-order chi connectivity index (χ0) is 29.8. The summed E-state index contributed by atoms with van der Waals surface area (Å²) >= 11 is 18.0. The van der Waals surface area contributed by atoms with Gasteiger partial charge >= 0.3 is 0 Å². The molecule has 220 valence electrons. The SMILES string of the molecule is CN(c1ccccc1C(=O)NCCC1CCC(C(C)(C)Nc2ccc(Cl)cc2)CC1)S(=O)(=O)c1ccc(Cl)c(Cl)c1. The average Bonchev–Trinajstić information content (AvgIpc) is 2.95. The number of amides is 1. The van der Waals surface area contributed by atoms with Crippen LogP contribution in [0.4, 0.5) is 11.4 Å². The molecule has 1 amide bonds. The van der Waals surface area contributed by atoms with Gasteiger partial charge in [-0.05, 0) is 99.5 Å². The van der Waals surface area contributed by atoms with Gasteiger partial charge in [0.1, 0.15) is 0 Å². The van der Waals surface area contributed by atoms with Crippen molar-refractivity contribution >= 4 is 62.1 Å². The summed E-state index contributed by atoms with van der Waals surface area (Å²) in [4.78, 5) is 13.2. The standard InChI is InChI=1S/C31H36Cl3N3O3S/c1-31(2,36-24-14-12-23(32)13-15-24)22-10-8-21(9-11-22)18-19-35-30(38)26-6-4-5-7-29(26)37(3)41(39,40)25-16-17-27(33)28(34)20-25/h4-7,12-17,20-22,36H,8-11,18-19H2,1-3H3,(H,35,38). The first-order valence-corrected chi connectivity index (χ1v) is 16.3. The molecule has 3 aromatic carbocycles. The normalized spacial score (nSPS) is 17.6. The van der Waals surface area contributed by atoms with E-state index < -0.39 is 10.0 Å². The van der Waals surface area contributed by atoms with Crippen LogP contribution in [0, 0.1) is 11.8 Å². The van der Waals surface area contributed by atoms with Gasteiger partial charge in [0.05, 0.1) is 26.2 Å². The highest BCUT2D eigenvalue weighted by molar-refractivity contribution is 7.92. The maximum absolute atomic E-state index is 13.3. The minimum absolute atomic E-state index is 0.00763. The number of hydrogen-bond donors (Lipinski definition) is 2. The molecule has 1 aliphatic rings. The third-order valence-electron chi connectivity index (χ3n) is 8.05. The molecule has 1 fully saturated rings. The quantitative estimate of drug-likeness (QED) is 0.235. The van der Waals surface area contributed by atoms with Crippen molar-refractivity contribution in [2.75, 3.05) is 23.2 Å². The molecule has 2 N–H and O–H groups in total. The Morgan fingerprint density at radius 1 is 0.927 bits per heavy atom. The van der Waals surface area contributed by atoms with Crippen LogP contribution in [-0.2, 0) is 10.0 Å². The molecule has 0 heterocycles. The Bertz CT molecular complexity index is 1470. The van der Waals surface area contributed by atoms with Crippen LogP contribution in [0.25, 0.3) is 0 Å². The molecule has 6 nitrogen and oxygen atoms in total. The van der Waals surface area contributed by atoms with Crippen LogP contribution < -0.4 is 14.9 Å². The summed E-state index contributed by atoms with van der Waals surface area (Å²) in [6.07, 6.45) is 5.32. The van der Waals surface area contributed by atoms with Gasteiger partial charge < -0.3 is 10.6 Å². The van der Waals surface area contributed by atoms with Gasteiger partial charge in [-0.3, -0.25) is 9.10 Å².